The van der Waals surface area contributed by atoms with E-state index >= 15 is 0 Å². The van der Waals surface area contributed by atoms with E-state index in [-0.39, 0.29) is 11.9 Å². The smallest absolute Gasteiger partial charge is 0.267 e. The lowest BCUT2D eigenvalue weighted by Crippen LogP contribution is -2.38. The zero-order valence-electron chi connectivity index (χ0n) is 18.8. The number of nitrogens with zero attached hydrogens (tertiary/aromatic N) is 1. The van der Waals surface area contributed by atoms with E-state index in [1.807, 2.05) is 18.2 Å². The average molecular weight is 426 g/mol. The van der Waals surface area contributed by atoms with Gasteiger partial charge in [-0.2, -0.15) is 0 Å². The Morgan fingerprint density at radius 2 is 1.68 bits per heavy atom. The molecule has 2 aromatic carbocycles. The summed E-state index contributed by atoms with van der Waals surface area (Å²) in [6.45, 7) is 6.55. The predicted molar refractivity (Wildman–Crippen MR) is 122 cm³/mol. The number of amides is 1. The van der Waals surface area contributed by atoms with Gasteiger partial charge in [-0.25, -0.2) is 0 Å². The van der Waals surface area contributed by atoms with Crippen LogP contribution in [0.4, 0.5) is 0 Å². The standard InChI is InChI=1S/C24H31N3O4/c1-6-27(7-2)19(16-11-9-8-10-12-16)15-25-24(28)18-13-17-20(29-3)14-21(30-4)23(31-5)22(17)26-18/h8-14,19,26H,6-7,15H2,1-5H3,(H,25,28). The molecule has 0 bridgehead atoms. The summed E-state index contributed by atoms with van der Waals surface area (Å²) in [4.78, 5) is 18.5. The predicted octanol–water partition coefficient (Wildman–Crippen LogP) is 4.01. The summed E-state index contributed by atoms with van der Waals surface area (Å²) in [6, 6.07) is 13.9. The molecule has 1 unspecified atom stereocenters. The molecule has 3 aromatic rings. The number of hydrogen-bond acceptors (Lipinski definition) is 5. The van der Waals surface area contributed by atoms with Crippen molar-refractivity contribution in [2.45, 2.75) is 19.9 Å². The van der Waals surface area contributed by atoms with Crippen LogP contribution in [0.1, 0.15) is 35.9 Å². The largest absolute Gasteiger partial charge is 0.496 e. The van der Waals surface area contributed by atoms with Crippen LogP contribution in [0.15, 0.2) is 42.5 Å². The van der Waals surface area contributed by atoms with Crippen molar-refractivity contribution in [1.82, 2.24) is 15.2 Å². The molecule has 3 rings (SSSR count). The van der Waals surface area contributed by atoms with Gasteiger partial charge in [-0.15, -0.1) is 0 Å². The van der Waals surface area contributed by atoms with E-state index in [4.69, 9.17) is 14.2 Å². The number of fused-ring (bicyclic) bond motifs is 1. The summed E-state index contributed by atoms with van der Waals surface area (Å²) in [5.74, 6) is 1.48. The van der Waals surface area contributed by atoms with Crippen molar-refractivity contribution in [3.63, 3.8) is 0 Å². The molecule has 0 spiro atoms. The van der Waals surface area contributed by atoms with Crippen LogP contribution < -0.4 is 19.5 Å². The van der Waals surface area contributed by atoms with E-state index in [2.05, 4.69) is 41.2 Å². The maximum absolute atomic E-state index is 13.0. The first-order chi connectivity index (χ1) is 15.1. The SMILES string of the molecule is CCN(CC)C(CNC(=O)c1cc2c(OC)cc(OC)c(OC)c2[nH]1)c1ccccc1. The molecule has 0 aliphatic heterocycles. The quantitative estimate of drug-likeness (QED) is 0.513. The Balaban J connectivity index is 1.88. The summed E-state index contributed by atoms with van der Waals surface area (Å²) < 4.78 is 16.4. The lowest BCUT2D eigenvalue weighted by molar-refractivity contribution is 0.0931. The van der Waals surface area contributed by atoms with E-state index in [0.717, 1.165) is 18.5 Å². The van der Waals surface area contributed by atoms with Crippen LogP contribution in [-0.4, -0.2) is 56.8 Å². The zero-order valence-corrected chi connectivity index (χ0v) is 18.8. The number of nitrogens with one attached hydrogen (secondary N) is 2. The summed E-state index contributed by atoms with van der Waals surface area (Å²) in [5.41, 5.74) is 2.27. The molecular formula is C24H31N3O4. The van der Waals surface area contributed by atoms with Crippen molar-refractivity contribution in [3.05, 3.63) is 53.7 Å². The molecule has 0 radical (unpaired) electrons. The van der Waals surface area contributed by atoms with Gasteiger partial charge in [-0.3, -0.25) is 9.69 Å². The van der Waals surface area contributed by atoms with Crippen molar-refractivity contribution in [1.29, 1.82) is 0 Å². The molecular weight excluding hydrogens is 394 g/mol. The van der Waals surface area contributed by atoms with Crippen molar-refractivity contribution in [3.8, 4) is 17.2 Å². The summed E-state index contributed by atoms with van der Waals surface area (Å²) in [5, 5.41) is 3.84. The highest BCUT2D eigenvalue weighted by Gasteiger charge is 2.22. The number of rotatable bonds is 10. The van der Waals surface area contributed by atoms with Gasteiger partial charge in [0.05, 0.1) is 32.9 Å². The van der Waals surface area contributed by atoms with Crippen LogP contribution in [0.5, 0.6) is 17.2 Å². The van der Waals surface area contributed by atoms with Gasteiger partial charge in [0.25, 0.3) is 5.91 Å². The summed E-state index contributed by atoms with van der Waals surface area (Å²) in [7, 11) is 4.72. The van der Waals surface area contributed by atoms with Gasteiger partial charge in [0.2, 0.25) is 0 Å². The molecule has 1 aromatic heterocycles. The molecule has 1 amide bonds. The van der Waals surface area contributed by atoms with E-state index in [1.165, 1.54) is 5.56 Å². The Labute approximate surface area is 183 Å². The molecule has 7 nitrogen and oxygen atoms in total. The Morgan fingerprint density at radius 1 is 1.00 bits per heavy atom. The second-order valence-electron chi connectivity index (χ2n) is 7.14. The Bertz CT molecular complexity index is 1010. The van der Waals surface area contributed by atoms with E-state index in [1.54, 1.807) is 33.5 Å². The molecule has 0 saturated heterocycles. The number of H-pyrrole nitrogens is 1. The minimum Gasteiger partial charge on any atom is -0.496 e. The second-order valence-corrected chi connectivity index (χ2v) is 7.14. The fourth-order valence-electron chi connectivity index (χ4n) is 3.94. The van der Waals surface area contributed by atoms with Crippen molar-refractivity contribution in [2.75, 3.05) is 41.0 Å². The van der Waals surface area contributed by atoms with Crippen molar-refractivity contribution in [2.24, 2.45) is 0 Å². The number of carbonyl (C=O) groups is 1. The highest BCUT2D eigenvalue weighted by molar-refractivity contribution is 6.02. The third-order valence-corrected chi connectivity index (χ3v) is 5.58. The molecule has 0 saturated carbocycles. The van der Waals surface area contributed by atoms with Gasteiger partial charge in [0.15, 0.2) is 11.5 Å². The third kappa shape index (κ3) is 4.61. The average Bonchev–Trinajstić information content (AvgIpc) is 3.26. The van der Waals surface area contributed by atoms with Crippen LogP contribution in [0.2, 0.25) is 0 Å². The van der Waals surface area contributed by atoms with Crippen LogP contribution in [0.3, 0.4) is 0 Å². The number of carbonyl (C=O) groups excluding carboxylic acids is 1. The van der Waals surface area contributed by atoms with Crippen LogP contribution in [0.25, 0.3) is 10.9 Å². The van der Waals surface area contributed by atoms with Crippen LogP contribution in [0, 0.1) is 0 Å². The van der Waals surface area contributed by atoms with E-state index < -0.39 is 0 Å². The van der Waals surface area contributed by atoms with E-state index in [0.29, 0.717) is 35.0 Å². The number of likely N-dealkylation sites (N-methyl/N-ethyl adjacent to an activating group) is 1. The molecule has 0 fully saturated rings. The van der Waals surface area contributed by atoms with Gasteiger partial charge in [-0.1, -0.05) is 44.2 Å². The number of aromatic amines is 1. The first-order valence-electron chi connectivity index (χ1n) is 10.5. The number of aromatic nitrogens is 1. The summed E-state index contributed by atoms with van der Waals surface area (Å²) in [6.07, 6.45) is 0. The Kier molecular flexibility index (Phi) is 7.41. The minimum atomic E-state index is -0.188. The molecule has 2 N–H and O–H groups in total. The monoisotopic (exact) mass is 425 g/mol. The molecule has 0 aliphatic carbocycles. The topological polar surface area (TPSA) is 75.8 Å². The number of methoxy groups -OCH3 is 3. The summed E-state index contributed by atoms with van der Waals surface area (Å²) >= 11 is 0. The van der Waals surface area contributed by atoms with Crippen molar-refractivity contribution < 1.29 is 19.0 Å². The molecule has 0 aliphatic rings. The molecule has 166 valence electrons. The first kappa shape index (κ1) is 22.5. The van der Waals surface area contributed by atoms with Gasteiger partial charge < -0.3 is 24.5 Å². The van der Waals surface area contributed by atoms with Crippen LogP contribution >= 0.6 is 0 Å². The fraction of sp³-hybridized carbons (Fsp3) is 0.375. The number of benzene rings is 2. The molecule has 1 atom stereocenters. The van der Waals surface area contributed by atoms with Crippen LogP contribution in [-0.2, 0) is 0 Å². The molecule has 1 heterocycles. The van der Waals surface area contributed by atoms with Gasteiger partial charge >= 0.3 is 0 Å². The van der Waals surface area contributed by atoms with Gasteiger partial charge in [0.1, 0.15) is 11.4 Å². The van der Waals surface area contributed by atoms with E-state index in [9.17, 15) is 4.79 Å². The molecule has 31 heavy (non-hydrogen) atoms. The lowest BCUT2D eigenvalue weighted by Gasteiger charge is -2.30. The Morgan fingerprint density at radius 3 is 2.26 bits per heavy atom. The zero-order chi connectivity index (χ0) is 22.4. The van der Waals surface area contributed by atoms with Crippen molar-refractivity contribution >= 4 is 16.8 Å². The third-order valence-electron chi connectivity index (χ3n) is 5.58. The Hall–Kier alpha value is -3.19. The molecule has 7 heteroatoms. The highest BCUT2D eigenvalue weighted by atomic mass is 16.5. The number of ether oxygens (including phenoxy) is 3. The second kappa shape index (κ2) is 10.2. The number of hydrogen-bond donors (Lipinski definition) is 2. The first-order valence-corrected chi connectivity index (χ1v) is 10.5. The lowest BCUT2D eigenvalue weighted by atomic mass is 10.1. The maximum Gasteiger partial charge on any atom is 0.267 e. The fourth-order valence-corrected chi connectivity index (χ4v) is 3.94. The maximum atomic E-state index is 13.0. The normalized spacial score (nSPS) is 12.1. The van der Waals surface area contributed by atoms with Gasteiger partial charge in [0, 0.05) is 18.0 Å². The highest BCUT2D eigenvalue weighted by Crippen LogP contribution is 2.41. The van der Waals surface area contributed by atoms with Gasteiger partial charge in [-0.05, 0) is 24.7 Å². The minimum absolute atomic E-state index is 0.0914.